The Hall–Kier alpha value is -3.19. The number of amides is 1. The van der Waals surface area contributed by atoms with Crippen molar-refractivity contribution in [1.29, 1.82) is 0 Å². The summed E-state index contributed by atoms with van der Waals surface area (Å²) in [6, 6.07) is 17.0. The minimum absolute atomic E-state index is 0.0283. The maximum absolute atomic E-state index is 14.6. The van der Waals surface area contributed by atoms with Crippen LogP contribution in [-0.2, 0) is 11.3 Å². The molecule has 2 aliphatic carbocycles. The summed E-state index contributed by atoms with van der Waals surface area (Å²) in [5, 5.41) is 14.9. The number of hydrogen-bond donors (Lipinski definition) is 2. The molecule has 3 aromatic carbocycles. The molecule has 5 nitrogen and oxygen atoms in total. The van der Waals surface area contributed by atoms with Crippen LogP contribution in [0.1, 0.15) is 41.6 Å². The third-order valence-electron chi connectivity index (χ3n) is 7.74. The van der Waals surface area contributed by atoms with Crippen LogP contribution in [-0.4, -0.2) is 27.6 Å². The molecule has 0 unspecified atom stereocenters. The molecule has 0 atom stereocenters. The van der Waals surface area contributed by atoms with E-state index in [1.54, 1.807) is 12.1 Å². The van der Waals surface area contributed by atoms with Crippen LogP contribution in [0, 0.1) is 17.2 Å². The van der Waals surface area contributed by atoms with Crippen molar-refractivity contribution in [1.82, 2.24) is 9.88 Å². The number of fused-ring (bicyclic) bond motifs is 2. The van der Waals surface area contributed by atoms with Gasteiger partial charge in [-0.2, -0.15) is 0 Å². The molecule has 2 fully saturated rings. The van der Waals surface area contributed by atoms with E-state index in [-0.39, 0.29) is 29.1 Å². The Morgan fingerprint density at radius 2 is 1.77 bits per heavy atom. The summed E-state index contributed by atoms with van der Waals surface area (Å²) >= 11 is 3.50. The Labute approximate surface area is 210 Å². The summed E-state index contributed by atoms with van der Waals surface area (Å²) in [7, 11) is 0. The van der Waals surface area contributed by atoms with Crippen molar-refractivity contribution in [2.45, 2.75) is 38.3 Å². The number of carbonyl (C=O) groups is 2. The maximum Gasteiger partial charge on any atom is 0.306 e. The minimum atomic E-state index is -0.725. The molecule has 4 aromatic rings. The van der Waals surface area contributed by atoms with E-state index in [1.165, 1.54) is 6.07 Å². The zero-order chi connectivity index (χ0) is 24.3. The number of carbonyl (C=O) groups excluding carboxylic acids is 1. The van der Waals surface area contributed by atoms with E-state index in [4.69, 9.17) is 5.11 Å². The molecule has 1 aromatic heterocycles. The van der Waals surface area contributed by atoms with Crippen LogP contribution < -0.4 is 5.32 Å². The van der Waals surface area contributed by atoms with Gasteiger partial charge < -0.3 is 15.0 Å². The maximum atomic E-state index is 14.6. The highest BCUT2D eigenvalue weighted by Gasteiger charge is 2.55. The Morgan fingerprint density at radius 3 is 2.54 bits per heavy atom. The second-order valence-electron chi connectivity index (χ2n) is 10.1. The normalized spacial score (nSPS) is 23.3. The molecule has 2 aliphatic rings. The topological polar surface area (TPSA) is 71.3 Å². The van der Waals surface area contributed by atoms with Crippen molar-refractivity contribution >= 4 is 49.5 Å². The highest BCUT2D eigenvalue weighted by molar-refractivity contribution is 9.10. The van der Waals surface area contributed by atoms with Gasteiger partial charge in [0, 0.05) is 28.6 Å². The molecule has 0 aliphatic heterocycles. The largest absolute Gasteiger partial charge is 0.481 e. The number of rotatable bonds is 5. The fraction of sp³-hybridized carbons (Fsp3) is 0.286. The van der Waals surface area contributed by atoms with E-state index in [2.05, 4.69) is 51.6 Å². The van der Waals surface area contributed by atoms with E-state index >= 15 is 0 Å². The fourth-order valence-electron chi connectivity index (χ4n) is 6.01. The lowest BCUT2D eigenvalue weighted by Gasteiger charge is -2.56. The van der Waals surface area contributed by atoms with Gasteiger partial charge in [-0.05, 0) is 83.8 Å². The molecular formula is C28H24BrFN2O3. The Kier molecular flexibility index (Phi) is 5.22. The molecule has 0 radical (unpaired) electrons. The molecule has 6 rings (SSSR count). The first-order chi connectivity index (χ1) is 16.8. The Morgan fingerprint density at radius 1 is 1.03 bits per heavy atom. The Balaban J connectivity index is 1.23. The number of carboxylic acids is 1. The van der Waals surface area contributed by atoms with Crippen LogP contribution >= 0.6 is 15.9 Å². The van der Waals surface area contributed by atoms with Crippen molar-refractivity contribution < 1.29 is 19.1 Å². The van der Waals surface area contributed by atoms with Crippen LogP contribution in [0.5, 0.6) is 0 Å². The number of aromatic nitrogens is 1. The molecule has 178 valence electrons. The highest BCUT2D eigenvalue weighted by atomic mass is 79.9. The number of halogens is 2. The summed E-state index contributed by atoms with van der Waals surface area (Å²) in [6.07, 6.45) is 4.83. The van der Waals surface area contributed by atoms with Crippen LogP contribution in [0.2, 0.25) is 0 Å². The molecule has 1 amide bonds. The van der Waals surface area contributed by atoms with Gasteiger partial charge in [-0.25, -0.2) is 4.39 Å². The molecule has 35 heavy (non-hydrogen) atoms. The lowest BCUT2D eigenvalue weighted by Crippen LogP contribution is -2.57. The number of carboxylic acid groups (broad SMARTS) is 1. The van der Waals surface area contributed by atoms with E-state index in [0.29, 0.717) is 35.9 Å². The zero-order valence-electron chi connectivity index (χ0n) is 18.9. The Bertz CT molecular complexity index is 1500. The van der Waals surface area contributed by atoms with Gasteiger partial charge in [0.2, 0.25) is 0 Å². The van der Waals surface area contributed by atoms with Crippen molar-refractivity contribution in [2.75, 3.05) is 0 Å². The molecule has 1 spiro atoms. The van der Waals surface area contributed by atoms with E-state index in [0.717, 1.165) is 33.7 Å². The second-order valence-corrected chi connectivity index (χ2v) is 11.1. The summed E-state index contributed by atoms with van der Waals surface area (Å²) in [5.74, 6) is -1.54. The zero-order valence-corrected chi connectivity index (χ0v) is 20.5. The highest BCUT2D eigenvalue weighted by Crippen LogP contribution is 2.58. The third-order valence-corrected chi connectivity index (χ3v) is 8.23. The first-order valence-corrected chi connectivity index (χ1v) is 12.6. The molecule has 2 N–H and O–H groups in total. The lowest BCUT2D eigenvalue weighted by molar-refractivity contribution is -0.155. The molecular weight excluding hydrogens is 511 g/mol. The van der Waals surface area contributed by atoms with Gasteiger partial charge in [0.15, 0.2) is 0 Å². The predicted molar refractivity (Wildman–Crippen MR) is 136 cm³/mol. The standard InChI is InChI=1S/C28H24BrFN2O3/c29-20-4-3-17-9-16(1-2-18(17)10-20)15-32-8-7-22-24(30)6-5-23(25(22)32)26(33)31-21-13-28(14-21)11-19(12-28)27(34)35/h1-10,19,21H,11-15H2,(H,31,33)(H,34,35). The molecule has 7 heteroatoms. The number of hydrogen-bond acceptors (Lipinski definition) is 2. The van der Waals surface area contributed by atoms with Crippen LogP contribution in [0.3, 0.4) is 0 Å². The quantitative estimate of drug-likeness (QED) is 0.324. The summed E-state index contributed by atoms with van der Waals surface area (Å²) < 4.78 is 17.6. The van der Waals surface area contributed by atoms with Crippen LogP contribution in [0.15, 0.2) is 65.3 Å². The number of nitrogens with zero attached hydrogens (tertiary/aromatic N) is 1. The van der Waals surface area contributed by atoms with Gasteiger partial charge in [-0.3, -0.25) is 9.59 Å². The third kappa shape index (κ3) is 3.92. The van der Waals surface area contributed by atoms with E-state index < -0.39 is 5.97 Å². The van der Waals surface area contributed by atoms with Crippen LogP contribution in [0.25, 0.3) is 21.7 Å². The average Bonchev–Trinajstić information content (AvgIpc) is 3.19. The minimum Gasteiger partial charge on any atom is -0.481 e. The van der Waals surface area contributed by atoms with Gasteiger partial charge in [-0.1, -0.05) is 34.1 Å². The monoisotopic (exact) mass is 534 g/mol. The molecule has 0 bridgehead atoms. The molecule has 1 heterocycles. The number of nitrogens with one attached hydrogen (secondary N) is 1. The summed E-state index contributed by atoms with van der Waals surface area (Å²) in [5.41, 5.74) is 2.17. The SMILES string of the molecule is O=C(NC1CC2(C1)CC(C(=O)O)C2)c1ccc(F)c2ccn(Cc3ccc4cc(Br)ccc4c3)c12. The van der Waals surface area contributed by atoms with E-state index in [1.807, 2.05) is 16.8 Å². The van der Waals surface area contributed by atoms with E-state index in [9.17, 15) is 14.0 Å². The average molecular weight is 535 g/mol. The van der Waals surface area contributed by atoms with Gasteiger partial charge in [0.05, 0.1) is 17.0 Å². The van der Waals surface area contributed by atoms with Crippen molar-refractivity contribution in [3.05, 3.63) is 82.2 Å². The number of aliphatic carboxylic acids is 1. The van der Waals surface area contributed by atoms with Gasteiger partial charge in [0.1, 0.15) is 5.82 Å². The molecule has 2 saturated carbocycles. The predicted octanol–water partition coefficient (Wildman–Crippen LogP) is 6.12. The van der Waals surface area contributed by atoms with Crippen molar-refractivity contribution in [3.63, 3.8) is 0 Å². The lowest BCUT2D eigenvalue weighted by atomic mass is 9.50. The number of benzene rings is 3. The van der Waals surface area contributed by atoms with Gasteiger partial charge in [0.25, 0.3) is 5.91 Å². The van der Waals surface area contributed by atoms with Crippen molar-refractivity contribution in [2.24, 2.45) is 11.3 Å². The molecule has 0 saturated heterocycles. The first-order valence-electron chi connectivity index (χ1n) is 11.8. The van der Waals surface area contributed by atoms with Gasteiger partial charge in [-0.15, -0.1) is 0 Å². The fourth-order valence-corrected chi connectivity index (χ4v) is 6.39. The van der Waals surface area contributed by atoms with Gasteiger partial charge >= 0.3 is 5.97 Å². The van der Waals surface area contributed by atoms with Crippen molar-refractivity contribution in [3.8, 4) is 0 Å². The second kappa shape index (κ2) is 8.19. The smallest absolute Gasteiger partial charge is 0.306 e. The summed E-state index contributed by atoms with van der Waals surface area (Å²) in [4.78, 5) is 24.3. The first kappa shape index (κ1) is 22.3. The van der Waals surface area contributed by atoms with Crippen LogP contribution in [0.4, 0.5) is 4.39 Å². The summed E-state index contributed by atoms with van der Waals surface area (Å²) in [6.45, 7) is 0.516.